The molecule has 3 rings (SSSR count). The highest BCUT2D eigenvalue weighted by molar-refractivity contribution is 9.10. The summed E-state index contributed by atoms with van der Waals surface area (Å²) in [6, 6.07) is 8.69. The lowest BCUT2D eigenvalue weighted by molar-refractivity contribution is -0.384. The molecule has 0 aliphatic heterocycles. The molecule has 0 bridgehead atoms. The fourth-order valence-corrected chi connectivity index (χ4v) is 2.51. The molecule has 0 aliphatic rings. The maximum Gasteiger partial charge on any atom is 0.416 e. The summed E-state index contributed by atoms with van der Waals surface area (Å²) in [5.41, 5.74) is -1.05. The first-order chi connectivity index (χ1) is 11.8. The molecule has 0 saturated carbocycles. The number of ether oxygens (including phenoxy) is 1. The molecular formula is C16H8BrF3N2O3. The van der Waals surface area contributed by atoms with Crippen molar-refractivity contribution in [1.29, 1.82) is 0 Å². The van der Waals surface area contributed by atoms with Gasteiger partial charge in [-0.2, -0.15) is 13.2 Å². The zero-order valence-corrected chi connectivity index (χ0v) is 13.8. The molecule has 3 aromatic rings. The van der Waals surface area contributed by atoms with Crippen molar-refractivity contribution < 1.29 is 22.8 Å². The van der Waals surface area contributed by atoms with E-state index in [1.165, 1.54) is 30.5 Å². The first-order valence-corrected chi connectivity index (χ1v) is 7.63. The van der Waals surface area contributed by atoms with E-state index in [4.69, 9.17) is 4.74 Å². The highest BCUT2D eigenvalue weighted by Gasteiger charge is 2.31. The smallest absolute Gasteiger partial charge is 0.416 e. The quantitative estimate of drug-likeness (QED) is 0.407. The number of pyridine rings is 1. The van der Waals surface area contributed by atoms with E-state index in [2.05, 4.69) is 20.9 Å². The van der Waals surface area contributed by atoms with Crippen LogP contribution in [0.1, 0.15) is 5.56 Å². The molecule has 1 aromatic heterocycles. The largest absolute Gasteiger partial charge is 0.437 e. The molecule has 1 heterocycles. The summed E-state index contributed by atoms with van der Waals surface area (Å²) in [4.78, 5) is 14.4. The lowest BCUT2D eigenvalue weighted by atomic mass is 10.1. The van der Waals surface area contributed by atoms with Crippen LogP contribution in [-0.2, 0) is 6.18 Å². The molecular weight excluding hydrogens is 405 g/mol. The summed E-state index contributed by atoms with van der Waals surface area (Å²) in [7, 11) is 0. The van der Waals surface area contributed by atoms with Crippen LogP contribution in [0.4, 0.5) is 18.9 Å². The van der Waals surface area contributed by atoms with Crippen molar-refractivity contribution in [2.45, 2.75) is 6.18 Å². The Balaban J connectivity index is 2.09. The van der Waals surface area contributed by atoms with E-state index < -0.39 is 16.7 Å². The van der Waals surface area contributed by atoms with Crippen LogP contribution < -0.4 is 4.74 Å². The van der Waals surface area contributed by atoms with Crippen molar-refractivity contribution in [1.82, 2.24) is 4.98 Å². The fraction of sp³-hybridized carbons (Fsp3) is 0.0625. The number of aromatic nitrogens is 1. The monoisotopic (exact) mass is 412 g/mol. The number of nitrogens with zero attached hydrogens (tertiary/aromatic N) is 2. The van der Waals surface area contributed by atoms with Crippen molar-refractivity contribution >= 4 is 32.4 Å². The molecule has 0 saturated heterocycles. The minimum atomic E-state index is -4.52. The Hall–Kier alpha value is -2.68. The van der Waals surface area contributed by atoms with Gasteiger partial charge in [0, 0.05) is 18.3 Å². The van der Waals surface area contributed by atoms with E-state index in [-0.39, 0.29) is 17.3 Å². The predicted molar refractivity (Wildman–Crippen MR) is 87.6 cm³/mol. The average molecular weight is 413 g/mol. The van der Waals surface area contributed by atoms with Gasteiger partial charge in [0.2, 0.25) is 5.88 Å². The van der Waals surface area contributed by atoms with E-state index in [0.29, 0.717) is 15.2 Å². The second-order valence-corrected chi connectivity index (χ2v) is 5.88. The number of alkyl halides is 3. The van der Waals surface area contributed by atoms with E-state index in [0.717, 1.165) is 12.1 Å². The number of rotatable bonds is 3. The van der Waals surface area contributed by atoms with Crippen molar-refractivity contribution in [3.8, 4) is 11.6 Å². The number of halogens is 4. The average Bonchev–Trinajstić information content (AvgIpc) is 2.55. The van der Waals surface area contributed by atoms with Crippen LogP contribution in [0, 0.1) is 10.1 Å². The van der Waals surface area contributed by atoms with E-state index >= 15 is 0 Å². The molecule has 0 fully saturated rings. The first-order valence-electron chi connectivity index (χ1n) is 6.83. The minimum Gasteiger partial charge on any atom is -0.437 e. The molecule has 0 atom stereocenters. The number of hydrogen-bond donors (Lipinski definition) is 0. The van der Waals surface area contributed by atoms with Gasteiger partial charge in [-0.25, -0.2) is 4.98 Å². The van der Waals surface area contributed by atoms with Gasteiger partial charge in [-0.1, -0.05) is 0 Å². The number of benzene rings is 2. The normalized spacial score (nSPS) is 11.5. The summed E-state index contributed by atoms with van der Waals surface area (Å²) in [6.07, 6.45) is -3.12. The highest BCUT2D eigenvalue weighted by atomic mass is 79.9. The Kier molecular flexibility index (Phi) is 4.34. The summed E-state index contributed by atoms with van der Waals surface area (Å²) in [5.74, 6) is -0.123. The van der Waals surface area contributed by atoms with Crippen LogP contribution in [0.2, 0.25) is 0 Å². The van der Waals surface area contributed by atoms with Crippen LogP contribution in [0.25, 0.3) is 10.8 Å². The minimum absolute atomic E-state index is 0.0266. The van der Waals surface area contributed by atoms with E-state index in [1.807, 2.05) is 0 Å². The van der Waals surface area contributed by atoms with Crippen molar-refractivity contribution in [3.05, 3.63) is 68.8 Å². The first kappa shape index (κ1) is 17.2. The van der Waals surface area contributed by atoms with Crippen LogP contribution in [0.15, 0.2) is 53.1 Å². The van der Waals surface area contributed by atoms with Crippen molar-refractivity contribution in [3.63, 3.8) is 0 Å². The van der Waals surface area contributed by atoms with Gasteiger partial charge in [-0.15, -0.1) is 0 Å². The third-order valence-corrected chi connectivity index (χ3v) is 4.04. The molecule has 0 N–H and O–H groups in total. The second-order valence-electron chi connectivity index (χ2n) is 5.02. The third kappa shape index (κ3) is 3.55. The van der Waals surface area contributed by atoms with Crippen molar-refractivity contribution in [2.75, 3.05) is 0 Å². The molecule has 0 radical (unpaired) electrons. The zero-order valence-electron chi connectivity index (χ0n) is 12.2. The zero-order chi connectivity index (χ0) is 18.2. The lowest BCUT2D eigenvalue weighted by Crippen LogP contribution is -2.05. The molecule has 0 spiro atoms. The number of fused-ring (bicyclic) bond motifs is 1. The van der Waals surface area contributed by atoms with Gasteiger partial charge in [0.15, 0.2) is 0 Å². The summed E-state index contributed by atoms with van der Waals surface area (Å²) < 4.78 is 44.4. The van der Waals surface area contributed by atoms with E-state index in [9.17, 15) is 23.3 Å². The number of hydrogen-bond acceptors (Lipinski definition) is 4. The highest BCUT2D eigenvalue weighted by Crippen LogP contribution is 2.38. The standard InChI is InChI=1S/C16H8BrF3N2O3/c17-13-4-2-10(16(18,19)20)7-14(13)25-15-12-8-11(22(23)24)3-1-9(12)5-6-21-15/h1-8H. The van der Waals surface area contributed by atoms with Gasteiger partial charge in [0.25, 0.3) is 5.69 Å². The maximum absolute atomic E-state index is 12.9. The molecule has 128 valence electrons. The number of nitro groups is 1. The Morgan fingerprint density at radius 3 is 2.56 bits per heavy atom. The Labute approximate surface area is 147 Å². The summed E-state index contributed by atoms with van der Waals surface area (Å²) in [6.45, 7) is 0. The lowest BCUT2D eigenvalue weighted by Gasteiger charge is -2.12. The summed E-state index contributed by atoms with van der Waals surface area (Å²) >= 11 is 3.13. The molecule has 0 amide bonds. The SMILES string of the molecule is O=[N+]([O-])c1ccc2ccnc(Oc3cc(C(F)(F)F)ccc3Br)c2c1. The summed E-state index contributed by atoms with van der Waals surface area (Å²) in [5, 5.41) is 11.9. The van der Waals surface area contributed by atoms with Gasteiger partial charge in [-0.05, 0) is 51.6 Å². The number of non-ortho nitro benzene ring substituents is 1. The molecule has 5 nitrogen and oxygen atoms in total. The van der Waals surface area contributed by atoms with Crippen LogP contribution in [-0.4, -0.2) is 9.91 Å². The Morgan fingerprint density at radius 2 is 1.88 bits per heavy atom. The van der Waals surface area contributed by atoms with Crippen molar-refractivity contribution in [2.24, 2.45) is 0 Å². The molecule has 0 aliphatic carbocycles. The maximum atomic E-state index is 12.9. The van der Waals surface area contributed by atoms with Crippen LogP contribution in [0.5, 0.6) is 11.6 Å². The van der Waals surface area contributed by atoms with Gasteiger partial charge in [-0.3, -0.25) is 10.1 Å². The molecule has 2 aromatic carbocycles. The molecule has 0 unspecified atom stereocenters. The van der Waals surface area contributed by atoms with Gasteiger partial charge in [0.05, 0.1) is 20.3 Å². The van der Waals surface area contributed by atoms with E-state index in [1.54, 1.807) is 6.07 Å². The van der Waals surface area contributed by atoms with Gasteiger partial charge >= 0.3 is 6.18 Å². The van der Waals surface area contributed by atoms with Crippen LogP contribution >= 0.6 is 15.9 Å². The Morgan fingerprint density at radius 1 is 1.12 bits per heavy atom. The topological polar surface area (TPSA) is 65.3 Å². The number of nitro benzene ring substituents is 1. The predicted octanol–water partition coefficient (Wildman–Crippen LogP) is 5.72. The van der Waals surface area contributed by atoms with Crippen LogP contribution in [0.3, 0.4) is 0 Å². The van der Waals surface area contributed by atoms with Gasteiger partial charge < -0.3 is 4.74 Å². The molecule has 9 heteroatoms. The third-order valence-electron chi connectivity index (χ3n) is 3.39. The second kappa shape index (κ2) is 6.32. The molecule has 25 heavy (non-hydrogen) atoms. The fourth-order valence-electron chi connectivity index (χ4n) is 2.19. The van der Waals surface area contributed by atoms with Gasteiger partial charge in [0.1, 0.15) is 5.75 Å². The Bertz CT molecular complexity index is 976.